The Hall–Kier alpha value is -0.760. The molecule has 3 unspecified atom stereocenters. The van der Waals surface area contributed by atoms with Crippen LogP contribution < -0.4 is 10.2 Å². The first kappa shape index (κ1) is 56.2. The van der Waals surface area contributed by atoms with E-state index in [1.165, 1.54) is 161 Å². The van der Waals surface area contributed by atoms with Crippen molar-refractivity contribution >= 4 is 13.7 Å². The van der Waals surface area contributed by atoms with Crippen molar-refractivity contribution in [2.45, 2.75) is 251 Å². The van der Waals surface area contributed by atoms with E-state index in [4.69, 9.17) is 9.05 Å². The topological polar surface area (TPSA) is 108 Å². The Kier molecular flexibility index (Phi) is 40.1. The third-order valence-electron chi connectivity index (χ3n) is 11.3. The minimum absolute atomic E-state index is 0.0126. The zero-order valence-corrected chi connectivity index (χ0v) is 39.5. The number of aliphatic hydroxyl groups is 1. The van der Waals surface area contributed by atoms with Gasteiger partial charge in [0.15, 0.2) is 0 Å². The molecule has 0 fully saturated rings. The molecule has 57 heavy (non-hydrogen) atoms. The molecule has 0 heterocycles. The summed E-state index contributed by atoms with van der Waals surface area (Å²) < 4.78 is 23.3. The number of carbonyl (C=O) groups is 1. The van der Waals surface area contributed by atoms with E-state index < -0.39 is 20.0 Å². The molecule has 0 aromatic rings. The van der Waals surface area contributed by atoms with Gasteiger partial charge in [0.25, 0.3) is 7.82 Å². The Morgan fingerprint density at radius 1 is 0.596 bits per heavy atom. The smallest absolute Gasteiger partial charge is 0.268 e. The molecule has 1 amide bonds. The summed E-state index contributed by atoms with van der Waals surface area (Å²) >= 11 is 0. The van der Waals surface area contributed by atoms with Crippen molar-refractivity contribution in [1.82, 2.24) is 5.32 Å². The number of hydrogen-bond acceptors (Lipinski definition) is 6. The number of unbranched alkanes of at least 4 members (excludes halogenated alkanes) is 30. The van der Waals surface area contributed by atoms with Crippen molar-refractivity contribution in [3.8, 4) is 0 Å². The molecule has 9 heteroatoms. The average Bonchev–Trinajstić information content (AvgIpc) is 3.16. The molecule has 0 saturated carbocycles. The molecule has 0 radical (unpaired) electrons. The standard InChI is InChI=1S/C48H97N2O6P/c1-6-8-10-12-14-16-18-20-21-22-23-24-25-26-27-28-30-31-33-35-37-39-41-47(51)46(45-56-57(53,54)55-44-43-50(3,4)5)49-48(52)42-40-38-36-34-32-29-19-17-15-13-11-9-7-2/h17,19,46-47,51H,6-16,18,20-45H2,1-5H3,(H-,49,52,53,54)/b19-17-. The van der Waals surface area contributed by atoms with Crippen molar-refractivity contribution in [3.63, 3.8) is 0 Å². The highest BCUT2D eigenvalue weighted by atomic mass is 31.2. The maximum Gasteiger partial charge on any atom is 0.268 e. The van der Waals surface area contributed by atoms with E-state index in [2.05, 4.69) is 31.3 Å². The first-order valence-corrected chi connectivity index (χ1v) is 26.0. The highest BCUT2D eigenvalue weighted by Crippen LogP contribution is 2.38. The quantitative estimate of drug-likeness (QED) is 0.0274. The zero-order valence-electron chi connectivity index (χ0n) is 38.6. The molecule has 8 nitrogen and oxygen atoms in total. The van der Waals surface area contributed by atoms with Gasteiger partial charge in [-0.15, -0.1) is 0 Å². The van der Waals surface area contributed by atoms with Gasteiger partial charge in [0, 0.05) is 6.42 Å². The van der Waals surface area contributed by atoms with Crippen LogP contribution in [0.5, 0.6) is 0 Å². The third-order valence-corrected chi connectivity index (χ3v) is 12.2. The summed E-state index contributed by atoms with van der Waals surface area (Å²) in [6.45, 7) is 4.72. The SMILES string of the molecule is CCCCCC/C=C\CCCCCCCC(=O)NC(COP(=O)([O-])OCC[N+](C)(C)C)C(O)CCCCCCCCCCCCCCCCCCCCCCCC. The van der Waals surface area contributed by atoms with Crippen LogP contribution in [0.15, 0.2) is 12.2 Å². The molecule has 0 aromatic carbocycles. The third kappa shape index (κ3) is 43.1. The van der Waals surface area contributed by atoms with Gasteiger partial charge in [-0.3, -0.25) is 9.36 Å². The fourth-order valence-electron chi connectivity index (χ4n) is 7.33. The van der Waals surface area contributed by atoms with Gasteiger partial charge in [0.05, 0.1) is 39.9 Å². The predicted octanol–water partition coefficient (Wildman–Crippen LogP) is 13.3. The van der Waals surface area contributed by atoms with E-state index in [1.54, 1.807) is 0 Å². The summed E-state index contributed by atoms with van der Waals surface area (Å²) in [6.07, 6.45) is 46.5. The van der Waals surface area contributed by atoms with Gasteiger partial charge in [0.2, 0.25) is 5.91 Å². The summed E-state index contributed by atoms with van der Waals surface area (Å²) in [5, 5.41) is 13.9. The molecule has 340 valence electrons. The Morgan fingerprint density at radius 2 is 0.965 bits per heavy atom. The summed E-state index contributed by atoms with van der Waals surface area (Å²) in [4.78, 5) is 25.3. The van der Waals surface area contributed by atoms with E-state index in [1.807, 2.05) is 21.1 Å². The van der Waals surface area contributed by atoms with Crippen LogP contribution in [0.25, 0.3) is 0 Å². The first-order chi connectivity index (χ1) is 27.5. The number of hydrogen-bond donors (Lipinski definition) is 2. The monoisotopic (exact) mass is 829 g/mol. The maximum atomic E-state index is 12.9. The number of phosphoric ester groups is 1. The van der Waals surface area contributed by atoms with E-state index in [-0.39, 0.29) is 19.1 Å². The fourth-order valence-corrected chi connectivity index (χ4v) is 8.05. The van der Waals surface area contributed by atoms with Gasteiger partial charge in [-0.1, -0.05) is 206 Å². The van der Waals surface area contributed by atoms with Crippen LogP contribution in [0.2, 0.25) is 0 Å². The Bertz CT molecular complexity index is 942. The lowest BCUT2D eigenvalue weighted by Gasteiger charge is -2.30. The number of likely N-dealkylation sites (N-methyl/N-ethyl adjacent to an activating group) is 1. The molecule has 0 bridgehead atoms. The van der Waals surface area contributed by atoms with Gasteiger partial charge in [-0.05, 0) is 38.5 Å². The number of allylic oxidation sites excluding steroid dienone is 2. The lowest BCUT2D eigenvalue weighted by Crippen LogP contribution is -2.46. The number of aliphatic hydroxyl groups excluding tert-OH is 1. The van der Waals surface area contributed by atoms with Crippen molar-refractivity contribution in [1.29, 1.82) is 0 Å². The van der Waals surface area contributed by atoms with Crippen LogP contribution in [-0.4, -0.2) is 68.5 Å². The van der Waals surface area contributed by atoms with E-state index >= 15 is 0 Å². The van der Waals surface area contributed by atoms with Crippen LogP contribution in [0.4, 0.5) is 0 Å². The zero-order chi connectivity index (χ0) is 42.1. The number of phosphoric acid groups is 1. The average molecular weight is 829 g/mol. The number of amides is 1. The Labute approximate surface area is 354 Å². The summed E-state index contributed by atoms with van der Waals surface area (Å²) in [5.41, 5.74) is 0. The number of carbonyl (C=O) groups excluding carboxylic acids is 1. The molecule has 0 aromatic heterocycles. The molecule has 2 N–H and O–H groups in total. The predicted molar refractivity (Wildman–Crippen MR) is 242 cm³/mol. The fraction of sp³-hybridized carbons (Fsp3) is 0.938. The summed E-state index contributed by atoms with van der Waals surface area (Å²) in [7, 11) is 1.31. The molecule has 0 spiro atoms. The van der Waals surface area contributed by atoms with E-state index in [0.717, 1.165) is 51.4 Å². The number of quaternary nitrogens is 1. The van der Waals surface area contributed by atoms with Crippen LogP contribution in [0.1, 0.15) is 239 Å². The molecular formula is C48H97N2O6P. The number of rotatable bonds is 45. The Balaban J connectivity index is 4.23. The normalized spacial score (nSPS) is 14.3. The number of nitrogens with zero attached hydrogens (tertiary/aromatic N) is 1. The maximum absolute atomic E-state index is 12.9. The van der Waals surface area contributed by atoms with Crippen molar-refractivity contribution in [2.24, 2.45) is 0 Å². The first-order valence-electron chi connectivity index (χ1n) is 24.5. The van der Waals surface area contributed by atoms with Gasteiger partial charge in [-0.25, -0.2) is 0 Å². The molecular weight excluding hydrogens is 732 g/mol. The van der Waals surface area contributed by atoms with Crippen LogP contribution in [0, 0.1) is 0 Å². The highest BCUT2D eigenvalue weighted by molar-refractivity contribution is 7.45. The molecule has 0 aliphatic heterocycles. The van der Waals surface area contributed by atoms with Gasteiger partial charge < -0.3 is 28.8 Å². The lowest BCUT2D eigenvalue weighted by molar-refractivity contribution is -0.870. The summed E-state index contributed by atoms with van der Waals surface area (Å²) in [6, 6.07) is -0.801. The van der Waals surface area contributed by atoms with Crippen molar-refractivity contribution < 1.29 is 32.9 Å². The number of nitrogens with one attached hydrogen (secondary N) is 1. The molecule has 0 saturated heterocycles. The van der Waals surface area contributed by atoms with Crippen molar-refractivity contribution in [3.05, 3.63) is 12.2 Å². The van der Waals surface area contributed by atoms with Crippen LogP contribution in [0.3, 0.4) is 0 Å². The van der Waals surface area contributed by atoms with Gasteiger partial charge in [0.1, 0.15) is 13.2 Å². The van der Waals surface area contributed by atoms with E-state index in [9.17, 15) is 19.4 Å². The minimum atomic E-state index is -4.56. The highest BCUT2D eigenvalue weighted by Gasteiger charge is 2.24. The van der Waals surface area contributed by atoms with Crippen LogP contribution >= 0.6 is 7.82 Å². The molecule has 0 rings (SSSR count). The lowest BCUT2D eigenvalue weighted by atomic mass is 10.0. The van der Waals surface area contributed by atoms with E-state index in [0.29, 0.717) is 23.9 Å². The van der Waals surface area contributed by atoms with Gasteiger partial charge in [-0.2, -0.15) is 0 Å². The Morgan fingerprint density at radius 3 is 1.39 bits per heavy atom. The molecule has 0 aliphatic carbocycles. The second-order valence-corrected chi connectivity index (χ2v) is 19.6. The molecule has 0 aliphatic rings. The summed E-state index contributed by atoms with van der Waals surface area (Å²) in [5.74, 6) is -0.172. The second-order valence-electron chi connectivity index (χ2n) is 18.2. The second kappa shape index (κ2) is 40.6. The van der Waals surface area contributed by atoms with Crippen molar-refractivity contribution in [2.75, 3.05) is 40.9 Å². The molecule has 3 atom stereocenters. The van der Waals surface area contributed by atoms with Crippen LogP contribution in [-0.2, 0) is 18.4 Å². The minimum Gasteiger partial charge on any atom is -0.756 e. The largest absolute Gasteiger partial charge is 0.756 e. The van der Waals surface area contributed by atoms with Gasteiger partial charge >= 0.3 is 0 Å².